The van der Waals surface area contributed by atoms with Crippen molar-refractivity contribution in [2.75, 3.05) is 0 Å². The lowest BCUT2D eigenvalue weighted by Gasteiger charge is -2.11. The summed E-state index contributed by atoms with van der Waals surface area (Å²) in [6.07, 6.45) is 6.95. The summed E-state index contributed by atoms with van der Waals surface area (Å²) in [5.41, 5.74) is 19.5. The van der Waals surface area contributed by atoms with Gasteiger partial charge in [0.05, 0.1) is 0 Å². The first-order valence-corrected chi connectivity index (χ1v) is 41.2. The smallest absolute Gasteiger partial charge is 0.0103 e. The van der Waals surface area contributed by atoms with E-state index in [2.05, 4.69) is 376 Å². The SMILES string of the molecule is CC.CC.CC.CC.CC.CC.CC.CC1=C(C)CCC=C1.Cc1c(C)c2ccccc2c2ccccc12.Cc1cc2cc3ccccc3cc2cc1C.Cc1cc2ccccc2cc1C.Cc1ccc2c(ccc3ccccc32)c1C.Cc1ccc2cc3ccccc3cc2c1C.Cc1ccc2ccccc2c1C. The molecule has 16 aromatic carbocycles. The van der Waals surface area contributed by atoms with Crippen LogP contribution in [-0.2, 0) is 0 Å². The van der Waals surface area contributed by atoms with Gasteiger partial charge in [-0.05, 0) is 309 Å². The largest absolute Gasteiger partial charge is 0.0840 e. The van der Waals surface area contributed by atoms with Crippen LogP contribution in [0.5, 0.6) is 0 Å². The van der Waals surface area contributed by atoms with Crippen molar-refractivity contribution in [1.29, 1.82) is 0 Å². The monoisotopic (exact) mass is 1460 g/mol. The Morgan fingerprint density at radius 3 is 0.818 bits per heavy atom. The summed E-state index contributed by atoms with van der Waals surface area (Å²) in [6.45, 7) is 58.5. The second kappa shape index (κ2) is 48.2. The lowest BCUT2D eigenvalue weighted by molar-refractivity contribution is 0.939. The Morgan fingerprint density at radius 2 is 0.427 bits per heavy atom. The second-order valence-electron chi connectivity index (χ2n) is 26.6. The summed E-state index contributed by atoms with van der Waals surface area (Å²) in [5, 5.41) is 26.9. The maximum absolute atomic E-state index is 2.30. The molecule has 0 aliphatic heterocycles. The van der Waals surface area contributed by atoms with Crippen LogP contribution in [0.1, 0.15) is 190 Å². The highest BCUT2D eigenvalue weighted by Crippen LogP contribution is 2.34. The van der Waals surface area contributed by atoms with Crippen LogP contribution in [0.4, 0.5) is 0 Å². The molecule has 1 aliphatic rings. The van der Waals surface area contributed by atoms with Gasteiger partial charge in [0.1, 0.15) is 0 Å². The lowest BCUT2D eigenvalue weighted by Crippen LogP contribution is -1.87. The minimum absolute atomic E-state index is 1.24. The number of rotatable bonds is 0. The standard InChI is InChI=1S/4C16H14.2C12H12.C8H12.7C2H6/c1-11-12(2)14-8-4-6-10-16(14)15-9-5-3-7-13(11)15;1-11-7-15-9-13-5-3-4-6-14(13)10-16(15)8-12(11)2;1-11-7-9-16-14(12(11)2)10-8-13-5-3-4-6-15(13)16;1-11-7-8-15-9-13-5-3-4-6-14(13)10-16(15)12(11)2;1-9-7-11-5-3-4-6-12(11)8-10(9)2;1-9-7-8-11-5-3-4-6-12(11)10(9)2;1-7-5-3-4-6-8(7)2;7*1-2/h4*3-10H,1-2H3;2*3-8H,1-2H3;3,5H,4,6H2,1-2H3;7*1-2H3. The fourth-order valence-corrected chi connectivity index (χ4v) is 13.2. The van der Waals surface area contributed by atoms with Crippen LogP contribution < -0.4 is 0 Å². The maximum Gasteiger partial charge on any atom is -0.0103 e. The van der Waals surface area contributed by atoms with Crippen LogP contribution in [0.25, 0.3) is 108 Å². The van der Waals surface area contributed by atoms with Crippen molar-refractivity contribution in [1.82, 2.24) is 0 Å². The predicted octanol–water partition coefficient (Wildman–Crippen LogP) is 35.2. The summed E-state index contributed by atoms with van der Waals surface area (Å²) in [5.74, 6) is 0. The van der Waals surface area contributed by atoms with Gasteiger partial charge in [0.15, 0.2) is 0 Å². The summed E-state index contributed by atoms with van der Waals surface area (Å²) in [4.78, 5) is 0. The van der Waals surface area contributed by atoms with E-state index in [0.717, 1.165) is 0 Å². The molecular weight excluding hydrogens is 1320 g/mol. The molecule has 0 heterocycles. The number of hydrogen-bond acceptors (Lipinski definition) is 0. The molecule has 0 bridgehead atoms. The molecule has 110 heavy (non-hydrogen) atoms. The molecule has 0 spiro atoms. The minimum Gasteiger partial charge on any atom is -0.0840 e. The third-order valence-corrected chi connectivity index (χ3v) is 20.3. The number of aryl methyl sites for hydroxylation is 12. The average molecular weight is 1460 g/mol. The van der Waals surface area contributed by atoms with Crippen molar-refractivity contribution >= 4 is 108 Å². The first kappa shape index (κ1) is 92.0. The molecule has 17 rings (SSSR count). The molecule has 0 saturated carbocycles. The van der Waals surface area contributed by atoms with Gasteiger partial charge in [0, 0.05) is 0 Å². The number of fused-ring (bicyclic) bond motifs is 12. The Morgan fingerprint density at radius 1 is 0.173 bits per heavy atom. The second-order valence-corrected chi connectivity index (χ2v) is 26.6. The van der Waals surface area contributed by atoms with Gasteiger partial charge >= 0.3 is 0 Å². The molecule has 16 aromatic rings. The van der Waals surface area contributed by atoms with Gasteiger partial charge in [-0.15, -0.1) is 0 Å². The van der Waals surface area contributed by atoms with E-state index in [1.165, 1.54) is 193 Å². The highest BCUT2D eigenvalue weighted by atomic mass is 14.1. The molecule has 0 atom stereocenters. The third-order valence-electron chi connectivity index (χ3n) is 20.3. The Kier molecular flexibility index (Phi) is 40.3. The van der Waals surface area contributed by atoms with Crippen LogP contribution in [0.2, 0.25) is 0 Å². The molecule has 0 radical (unpaired) electrons. The predicted molar refractivity (Wildman–Crippen MR) is 507 cm³/mol. The van der Waals surface area contributed by atoms with Gasteiger partial charge in [0.25, 0.3) is 0 Å². The molecule has 1 aliphatic carbocycles. The quantitative estimate of drug-likeness (QED) is 0.105. The fraction of sp³-hybridized carbons (Fsp3) is 0.273. The summed E-state index contributed by atoms with van der Waals surface area (Å²) in [7, 11) is 0. The zero-order valence-electron chi connectivity index (χ0n) is 73.0. The Hall–Kier alpha value is -10.4. The Balaban J connectivity index is 0.000000265. The maximum atomic E-state index is 2.30. The van der Waals surface area contributed by atoms with Crippen molar-refractivity contribution < 1.29 is 0 Å². The molecule has 0 amide bonds. The molecule has 0 fully saturated rings. The minimum atomic E-state index is 1.24. The van der Waals surface area contributed by atoms with Crippen molar-refractivity contribution in [3.63, 3.8) is 0 Å². The fourth-order valence-electron chi connectivity index (χ4n) is 13.2. The Labute approximate surface area is 667 Å². The first-order chi connectivity index (χ1) is 53.4. The zero-order valence-corrected chi connectivity index (χ0v) is 73.0. The molecule has 0 N–H and O–H groups in total. The zero-order chi connectivity index (χ0) is 81.6. The summed E-state index contributed by atoms with van der Waals surface area (Å²) >= 11 is 0. The van der Waals surface area contributed by atoms with Crippen molar-refractivity contribution in [3.05, 3.63) is 357 Å². The van der Waals surface area contributed by atoms with E-state index in [4.69, 9.17) is 0 Å². The van der Waals surface area contributed by atoms with Crippen LogP contribution in [0.15, 0.2) is 290 Å². The van der Waals surface area contributed by atoms with Gasteiger partial charge in [-0.1, -0.05) is 363 Å². The van der Waals surface area contributed by atoms with Crippen LogP contribution in [0.3, 0.4) is 0 Å². The van der Waals surface area contributed by atoms with E-state index in [1.54, 1.807) is 5.57 Å². The van der Waals surface area contributed by atoms with Gasteiger partial charge < -0.3 is 0 Å². The van der Waals surface area contributed by atoms with E-state index in [9.17, 15) is 0 Å². The van der Waals surface area contributed by atoms with Gasteiger partial charge in [-0.3, -0.25) is 0 Å². The van der Waals surface area contributed by atoms with Crippen LogP contribution >= 0.6 is 0 Å². The van der Waals surface area contributed by atoms with Gasteiger partial charge in [-0.25, -0.2) is 0 Å². The van der Waals surface area contributed by atoms with Crippen molar-refractivity contribution in [2.24, 2.45) is 0 Å². The number of allylic oxidation sites excluding steroid dienone is 4. The normalized spacial score (nSPS) is 10.6. The third kappa shape index (κ3) is 24.3. The molecule has 0 saturated heterocycles. The van der Waals surface area contributed by atoms with E-state index >= 15 is 0 Å². The molecule has 0 nitrogen and oxygen atoms in total. The Bertz CT molecular complexity index is 5350. The highest BCUT2D eigenvalue weighted by Gasteiger charge is 2.09. The van der Waals surface area contributed by atoms with Crippen LogP contribution in [-0.4, -0.2) is 0 Å². The number of hydrogen-bond donors (Lipinski definition) is 0. The number of benzene rings is 16. The van der Waals surface area contributed by atoms with Crippen LogP contribution in [0, 0.1) is 83.1 Å². The molecule has 0 heteroatoms. The van der Waals surface area contributed by atoms with Crippen molar-refractivity contribution in [3.8, 4) is 0 Å². The van der Waals surface area contributed by atoms with Crippen molar-refractivity contribution in [2.45, 2.75) is 207 Å². The topological polar surface area (TPSA) is 0 Å². The van der Waals surface area contributed by atoms with E-state index < -0.39 is 0 Å². The first-order valence-electron chi connectivity index (χ1n) is 41.2. The summed E-state index contributed by atoms with van der Waals surface area (Å²) in [6, 6.07) is 95.7. The molecule has 0 unspecified atom stereocenters. The average Bonchev–Trinajstić information content (AvgIpc) is 0.758. The summed E-state index contributed by atoms with van der Waals surface area (Å²) < 4.78 is 0. The molecular formula is C110H134. The van der Waals surface area contributed by atoms with E-state index in [0.29, 0.717) is 0 Å². The van der Waals surface area contributed by atoms with E-state index in [1.807, 2.05) is 96.9 Å². The molecule has 0 aromatic heterocycles. The molecule has 574 valence electrons. The highest BCUT2D eigenvalue weighted by molar-refractivity contribution is 6.11. The van der Waals surface area contributed by atoms with Gasteiger partial charge in [-0.2, -0.15) is 0 Å². The van der Waals surface area contributed by atoms with Gasteiger partial charge in [0.2, 0.25) is 0 Å². The lowest BCUT2D eigenvalue weighted by atomic mass is 9.93. The van der Waals surface area contributed by atoms with E-state index in [-0.39, 0.29) is 0 Å².